The summed E-state index contributed by atoms with van der Waals surface area (Å²) in [4.78, 5) is 7.16. The second kappa shape index (κ2) is 11.9. The molecule has 0 aliphatic carbocycles. The number of hydrogen-bond donors (Lipinski definition) is 0. The zero-order chi connectivity index (χ0) is 27.3. The van der Waals surface area contributed by atoms with Gasteiger partial charge in [0.2, 0.25) is 0 Å². The van der Waals surface area contributed by atoms with Crippen LogP contribution < -0.4 is 0 Å². The van der Waals surface area contributed by atoms with E-state index in [9.17, 15) is 0 Å². The first-order chi connectivity index (χ1) is 19.7. The van der Waals surface area contributed by atoms with Crippen molar-refractivity contribution >= 4 is 38.2 Å². The maximum atomic E-state index is 6.21. The molecule has 6 rings (SSSR count). The van der Waals surface area contributed by atoms with Crippen LogP contribution in [0.25, 0.3) is 38.2 Å². The minimum Gasteiger partial charge on any atom is -0.489 e. The molecule has 0 bridgehead atoms. The number of hydrogen-bond acceptors (Lipinski definition) is 3. The number of pyridine rings is 1. The van der Waals surface area contributed by atoms with Gasteiger partial charge in [-0.15, -0.1) is 6.58 Å². The Kier molecular flexibility index (Phi) is 7.74. The number of fused-ring (bicyclic) bond motifs is 3. The van der Waals surface area contributed by atoms with Crippen molar-refractivity contribution in [2.45, 2.75) is 19.4 Å². The second-order valence-corrected chi connectivity index (χ2v) is 10.8. The van der Waals surface area contributed by atoms with Crippen molar-refractivity contribution in [1.82, 2.24) is 9.88 Å². The Hall–Kier alpha value is -4.21. The van der Waals surface area contributed by atoms with Gasteiger partial charge in [-0.3, -0.25) is 9.88 Å². The maximum Gasteiger partial charge on any atom is 0.123 e. The van der Waals surface area contributed by atoms with E-state index in [4.69, 9.17) is 4.74 Å². The molecule has 3 nitrogen and oxygen atoms in total. The number of likely N-dealkylation sites (tertiary alicyclic amines) is 1. The number of rotatable bonds is 9. The zero-order valence-corrected chi connectivity index (χ0v) is 23.0. The molecular weight excluding hydrogens is 488 g/mol. The van der Waals surface area contributed by atoms with Gasteiger partial charge in [-0.05, 0) is 82.6 Å². The molecular formula is C37H36N2O. The molecule has 1 aliphatic rings. The third-order valence-electron chi connectivity index (χ3n) is 8.34. The van der Waals surface area contributed by atoms with Crippen LogP contribution in [0.15, 0.2) is 123 Å². The van der Waals surface area contributed by atoms with E-state index in [1.165, 1.54) is 27.1 Å². The summed E-state index contributed by atoms with van der Waals surface area (Å²) in [6.45, 7) is 11.6. The highest BCUT2D eigenvalue weighted by Gasteiger charge is 2.27. The lowest BCUT2D eigenvalue weighted by Crippen LogP contribution is -2.39. The summed E-state index contributed by atoms with van der Waals surface area (Å²) in [5.41, 5.74) is 3.49. The average molecular weight is 525 g/mol. The van der Waals surface area contributed by atoms with Gasteiger partial charge in [-0.2, -0.15) is 0 Å². The quantitative estimate of drug-likeness (QED) is 0.109. The van der Waals surface area contributed by atoms with Crippen LogP contribution in [0.5, 0.6) is 0 Å². The van der Waals surface area contributed by atoms with Gasteiger partial charge in [0, 0.05) is 30.2 Å². The van der Waals surface area contributed by atoms with Crippen molar-refractivity contribution in [3.8, 4) is 0 Å². The normalized spacial score (nSPS) is 18.2. The molecule has 0 spiro atoms. The van der Waals surface area contributed by atoms with Gasteiger partial charge in [0.1, 0.15) is 12.4 Å². The fourth-order valence-electron chi connectivity index (χ4n) is 6.27. The highest BCUT2D eigenvalue weighted by Crippen LogP contribution is 2.34. The first kappa shape index (κ1) is 26.0. The summed E-state index contributed by atoms with van der Waals surface area (Å²) in [6, 6.07) is 30.2. The standard InChI is InChI=1S/C37H36N2O/c1-3-23-40-37(34-19-21-38-36-16-10-9-15-33(34)36)18-17-28-20-22-39(25-27(28)4-2)26-35-31-13-7-5-11-29(31)24-30-12-6-8-14-32(30)35/h3-16,18-19,21,24,27-28H,1-2,17,20,22-23,25-26H2. The zero-order valence-electron chi connectivity index (χ0n) is 23.0. The summed E-state index contributed by atoms with van der Waals surface area (Å²) in [6.07, 6.45) is 10.2. The Morgan fingerprint density at radius 2 is 1.60 bits per heavy atom. The van der Waals surface area contributed by atoms with Gasteiger partial charge in [-0.1, -0.05) is 85.5 Å². The molecule has 0 saturated carbocycles. The number of allylic oxidation sites excluding steroid dienone is 1. The first-order valence-corrected chi connectivity index (χ1v) is 14.3. The molecule has 1 aromatic heterocycles. The number of nitrogens with zero attached hydrogens (tertiary/aromatic N) is 2. The van der Waals surface area contributed by atoms with E-state index in [1.807, 2.05) is 18.3 Å². The van der Waals surface area contributed by atoms with Crippen molar-refractivity contribution in [1.29, 1.82) is 0 Å². The molecule has 0 radical (unpaired) electrons. The van der Waals surface area contributed by atoms with Crippen LogP contribution in [0.2, 0.25) is 0 Å². The fourth-order valence-corrected chi connectivity index (χ4v) is 6.27. The van der Waals surface area contributed by atoms with Crippen molar-refractivity contribution in [2.24, 2.45) is 11.8 Å². The molecule has 40 heavy (non-hydrogen) atoms. The second-order valence-electron chi connectivity index (χ2n) is 10.8. The van der Waals surface area contributed by atoms with Crippen LogP contribution in [0.1, 0.15) is 24.0 Å². The highest BCUT2D eigenvalue weighted by molar-refractivity contribution is 6.02. The Balaban J connectivity index is 1.23. The third-order valence-corrected chi connectivity index (χ3v) is 8.34. The predicted molar refractivity (Wildman–Crippen MR) is 169 cm³/mol. The van der Waals surface area contributed by atoms with Crippen LogP contribution in [0, 0.1) is 11.8 Å². The lowest BCUT2D eigenvalue weighted by molar-refractivity contribution is 0.140. The van der Waals surface area contributed by atoms with Crippen molar-refractivity contribution in [3.63, 3.8) is 0 Å². The van der Waals surface area contributed by atoms with Gasteiger partial charge in [-0.25, -0.2) is 0 Å². The van der Waals surface area contributed by atoms with Crippen molar-refractivity contribution < 1.29 is 4.74 Å². The molecule has 0 amide bonds. The predicted octanol–water partition coefficient (Wildman–Crippen LogP) is 8.80. The SMILES string of the molecule is C=CCOC(=CCC1CCN(Cc2c3ccccc3cc3ccccc23)CC1C=C)c1ccnc2ccccc12. The smallest absolute Gasteiger partial charge is 0.123 e. The molecule has 2 heterocycles. The summed E-state index contributed by atoms with van der Waals surface area (Å²) < 4.78 is 6.21. The monoisotopic (exact) mass is 524 g/mol. The minimum atomic E-state index is 0.418. The summed E-state index contributed by atoms with van der Waals surface area (Å²) in [7, 11) is 0. The van der Waals surface area contributed by atoms with Crippen molar-refractivity contribution in [2.75, 3.05) is 19.7 Å². The van der Waals surface area contributed by atoms with E-state index < -0.39 is 0 Å². The summed E-state index contributed by atoms with van der Waals surface area (Å²) >= 11 is 0. The van der Waals surface area contributed by atoms with Crippen LogP contribution in [0.3, 0.4) is 0 Å². The van der Waals surface area contributed by atoms with Crippen molar-refractivity contribution in [3.05, 3.63) is 134 Å². The van der Waals surface area contributed by atoms with Crippen LogP contribution in [-0.4, -0.2) is 29.6 Å². The molecule has 1 saturated heterocycles. The number of aromatic nitrogens is 1. The van der Waals surface area contributed by atoms with Gasteiger partial charge in [0.25, 0.3) is 0 Å². The maximum absolute atomic E-state index is 6.21. The lowest BCUT2D eigenvalue weighted by Gasteiger charge is -2.37. The molecule has 5 aromatic rings. The van der Waals surface area contributed by atoms with E-state index in [2.05, 4.69) is 108 Å². The van der Waals surface area contributed by atoms with Gasteiger partial charge >= 0.3 is 0 Å². The topological polar surface area (TPSA) is 25.4 Å². The first-order valence-electron chi connectivity index (χ1n) is 14.3. The number of para-hydroxylation sites is 1. The van der Waals surface area contributed by atoms with E-state index in [1.54, 1.807) is 6.08 Å². The Morgan fingerprint density at radius 1 is 0.900 bits per heavy atom. The Labute approximate surface area is 237 Å². The molecule has 200 valence electrons. The van der Waals surface area contributed by atoms with Gasteiger partial charge in [0.05, 0.1) is 5.52 Å². The molecule has 2 unspecified atom stereocenters. The number of piperidine rings is 1. The lowest BCUT2D eigenvalue weighted by atomic mass is 9.82. The average Bonchev–Trinajstić information content (AvgIpc) is 3.01. The summed E-state index contributed by atoms with van der Waals surface area (Å²) in [5, 5.41) is 6.45. The Morgan fingerprint density at radius 3 is 2.33 bits per heavy atom. The van der Waals surface area contributed by atoms with E-state index in [0.717, 1.165) is 54.7 Å². The van der Waals surface area contributed by atoms with Crippen LogP contribution >= 0.6 is 0 Å². The van der Waals surface area contributed by atoms with Gasteiger partial charge in [0.15, 0.2) is 0 Å². The minimum absolute atomic E-state index is 0.418. The van der Waals surface area contributed by atoms with Crippen LogP contribution in [0.4, 0.5) is 0 Å². The highest BCUT2D eigenvalue weighted by atomic mass is 16.5. The van der Waals surface area contributed by atoms with Crippen LogP contribution in [-0.2, 0) is 11.3 Å². The molecule has 3 heteroatoms. The number of benzene rings is 4. The third kappa shape index (κ3) is 5.30. The molecule has 0 N–H and O–H groups in total. The van der Waals surface area contributed by atoms with E-state index >= 15 is 0 Å². The van der Waals surface area contributed by atoms with E-state index in [-0.39, 0.29) is 0 Å². The Bertz CT molecular complexity index is 1640. The number of ether oxygens (including phenoxy) is 1. The molecule has 2 atom stereocenters. The van der Waals surface area contributed by atoms with Gasteiger partial charge < -0.3 is 4.74 Å². The summed E-state index contributed by atoms with van der Waals surface area (Å²) in [5.74, 6) is 1.85. The molecule has 1 fully saturated rings. The fraction of sp³-hybridized carbons (Fsp3) is 0.216. The van der Waals surface area contributed by atoms with E-state index in [0.29, 0.717) is 18.4 Å². The molecule has 4 aromatic carbocycles. The molecule has 1 aliphatic heterocycles. The largest absolute Gasteiger partial charge is 0.489 e.